The second kappa shape index (κ2) is 4.47. The number of nitrogens with zero attached hydrogens (tertiary/aromatic N) is 3. The van der Waals surface area contributed by atoms with Crippen LogP contribution in [-0.2, 0) is 6.54 Å². The largest absolute Gasteiger partial charge is 0.439 e. The summed E-state index contributed by atoms with van der Waals surface area (Å²) in [6, 6.07) is 4.20. The van der Waals surface area contributed by atoms with E-state index in [9.17, 15) is 9.50 Å². The van der Waals surface area contributed by atoms with E-state index in [4.69, 9.17) is 4.42 Å². The molecule has 0 fully saturated rings. The summed E-state index contributed by atoms with van der Waals surface area (Å²) in [4.78, 5) is 8.28. The summed E-state index contributed by atoms with van der Waals surface area (Å²) in [5.74, 6) is 0.633. The number of oxazole rings is 1. The lowest BCUT2D eigenvalue weighted by atomic mass is 10.3. The summed E-state index contributed by atoms with van der Waals surface area (Å²) < 4.78 is 20.3. The number of fused-ring (bicyclic) bond motifs is 1. The summed E-state index contributed by atoms with van der Waals surface area (Å²) in [7, 11) is 0. The van der Waals surface area contributed by atoms with Crippen molar-refractivity contribution >= 4 is 11.1 Å². The fourth-order valence-electron chi connectivity index (χ4n) is 1.98. The molecule has 2 heterocycles. The van der Waals surface area contributed by atoms with Gasteiger partial charge in [0.2, 0.25) is 5.89 Å². The molecule has 0 amide bonds. The van der Waals surface area contributed by atoms with Crippen LogP contribution in [0.2, 0.25) is 0 Å². The number of hydrogen-bond acceptors (Lipinski definition) is 4. The lowest BCUT2D eigenvalue weighted by Crippen LogP contribution is -2.07. The van der Waals surface area contributed by atoms with Crippen LogP contribution < -0.4 is 0 Å². The Morgan fingerprint density at radius 1 is 1.47 bits per heavy atom. The fourth-order valence-corrected chi connectivity index (χ4v) is 1.98. The van der Waals surface area contributed by atoms with Crippen molar-refractivity contribution in [3.05, 3.63) is 48.1 Å². The Balaban J connectivity index is 1.94. The summed E-state index contributed by atoms with van der Waals surface area (Å²) in [5.41, 5.74) is 1.02. The van der Waals surface area contributed by atoms with Crippen LogP contribution in [0.1, 0.15) is 24.7 Å². The van der Waals surface area contributed by atoms with Gasteiger partial charge in [0.05, 0.1) is 0 Å². The van der Waals surface area contributed by atoms with E-state index in [2.05, 4.69) is 9.97 Å². The predicted molar refractivity (Wildman–Crippen MR) is 65.9 cm³/mol. The molecule has 0 aliphatic carbocycles. The number of imidazole rings is 1. The first-order valence-corrected chi connectivity index (χ1v) is 5.87. The zero-order chi connectivity index (χ0) is 13.4. The number of aliphatic hydroxyl groups is 1. The van der Waals surface area contributed by atoms with Crippen LogP contribution in [0, 0.1) is 5.82 Å². The minimum absolute atomic E-state index is 0.344. The van der Waals surface area contributed by atoms with Gasteiger partial charge in [-0.2, -0.15) is 0 Å². The maximum atomic E-state index is 13.1. The van der Waals surface area contributed by atoms with E-state index in [-0.39, 0.29) is 5.82 Å². The molecular weight excluding hydrogens is 249 g/mol. The first kappa shape index (κ1) is 11.9. The standard InChI is InChI=1S/C13H12FN3O2/c1-8(18)13-15-4-5-17(13)7-12-16-10-6-9(14)2-3-11(10)19-12/h2-6,8,18H,7H2,1H3. The minimum Gasteiger partial charge on any atom is -0.439 e. The van der Waals surface area contributed by atoms with Gasteiger partial charge in [-0.05, 0) is 19.1 Å². The van der Waals surface area contributed by atoms with Crippen molar-refractivity contribution in [2.45, 2.75) is 19.6 Å². The van der Waals surface area contributed by atoms with Gasteiger partial charge in [-0.25, -0.2) is 14.4 Å². The number of aromatic nitrogens is 3. The summed E-state index contributed by atoms with van der Waals surface area (Å²) in [5, 5.41) is 9.56. The van der Waals surface area contributed by atoms with E-state index in [1.54, 1.807) is 30.0 Å². The van der Waals surface area contributed by atoms with E-state index in [1.165, 1.54) is 12.1 Å². The van der Waals surface area contributed by atoms with Gasteiger partial charge in [0, 0.05) is 18.5 Å². The molecule has 0 aliphatic heterocycles. The second-order valence-corrected chi connectivity index (χ2v) is 4.31. The molecule has 1 aromatic carbocycles. The van der Waals surface area contributed by atoms with Crippen LogP contribution in [0.25, 0.3) is 11.1 Å². The zero-order valence-electron chi connectivity index (χ0n) is 10.2. The molecule has 1 unspecified atom stereocenters. The van der Waals surface area contributed by atoms with Gasteiger partial charge in [0.1, 0.15) is 29.8 Å². The molecule has 19 heavy (non-hydrogen) atoms. The molecule has 6 heteroatoms. The molecule has 0 saturated carbocycles. The average Bonchev–Trinajstić information content (AvgIpc) is 2.95. The molecule has 0 saturated heterocycles. The van der Waals surface area contributed by atoms with Crippen LogP contribution in [0.15, 0.2) is 35.0 Å². The van der Waals surface area contributed by atoms with Gasteiger partial charge in [0.15, 0.2) is 5.58 Å². The molecule has 0 aliphatic rings. The molecule has 1 atom stereocenters. The summed E-state index contributed by atoms with van der Waals surface area (Å²) >= 11 is 0. The Bertz CT molecular complexity index is 718. The quantitative estimate of drug-likeness (QED) is 0.785. The maximum absolute atomic E-state index is 13.1. The number of hydrogen-bond donors (Lipinski definition) is 1. The monoisotopic (exact) mass is 261 g/mol. The van der Waals surface area contributed by atoms with Crippen LogP contribution in [0.3, 0.4) is 0 Å². The summed E-state index contributed by atoms with van der Waals surface area (Å²) in [6.07, 6.45) is 2.67. The van der Waals surface area contributed by atoms with E-state index < -0.39 is 6.10 Å². The van der Waals surface area contributed by atoms with Gasteiger partial charge in [0.25, 0.3) is 0 Å². The SMILES string of the molecule is CC(O)c1nccn1Cc1nc2cc(F)ccc2o1. The van der Waals surface area contributed by atoms with E-state index in [0.29, 0.717) is 29.4 Å². The van der Waals surface area contributed by atoms with Gasteiger partial charge in [-0.1, -0.05) is 0 Å². The van der Waals surface area contributed by atoms with Gasteiger partial charge < -0.3 is 14.1 Å². The van der Waals surface area contributed by atoms with Crippen LogP contribution in [0.4, 0.5) is 4.39 Å². The van der Waals surface area contributed by atoms with Crippen LogP contribution in [0.5, 0.6) is 0 Å². The molecule has 0 radical (unpaired) electrons. The number of rotatable bonds is 3. The smallest absolute Gasteiger partial charge is 0.215 e. The van der Waals surface area contributed by atoms with Crippen LogP contribution in [-0.4, -0.2) is 19.6 Å². The van der Waals surface area contributed by atoms with Crippen molar-refractivity contribution in [3.8, 4) is 0 Å². The third kappa shape index (κ3) is 2.22. The van der Waals surface area contributed by atoms with Crippen molar-refractivity contribution in [1.29, 1.82) is 0 Å². The number of benzene rings is 1. The van der Waals surface area contributed by atoms with E-state index in [0.717, 1.165) is 0 Å². The highest BCUT2D eigenvalue weighted by Gasteiger charge is 2.12. The molecule has 2 aromatic heterocycles. The zero-order valence-corrected chi connectivity index (χ0v) is 10.2. The first-order chi connectivity index (χ1) is 9.13. The third-order valence-electron chi connectivity index (χ3n) is 2.82. The molecule has 3 rings (SSSR count). The minimum atomic E-state index is -0.670. The number of aliphatic hydroxyl groups excluding tert-OH is 1. The Morgan fingerprint density at radius 2 is 2.32 bits per heavy atom. The molecule has 5 nitrogen and oxygen atoms in total. The van der Waals surface area contributed by atoms with Crippen molar-refractivity contribution < 1.29 is 13.9 Å². The average molecular weight is 261 g/mol. The highest BCUT2D eigenvalue weighted by Crippen LogP contribution is 2.18. The normalized spacial score (nSPS) is 13.0. The molecule has 3 aromatic rings. The van der Waals surface area contributed by atoms with Crippen molar-refractivity contribution in [2.75, 3.05) is 0 Å². The molecule has 1 N–H and O–H groups in total. The van der Waals surface area contributed by atoms with Crippen molar-refractivity contribution in [3.63, 3.8) is 0 Å². The van der Waals surface area contributed by atoms with Gasteiger partial charge >= 0.3 is 0 Å². The Labute approximate surface area is 108 Å². The Kier molecular flexibility index (Phi) is 2.79. The highest BCUT2D eigenvalue weighted by atomic mass is 19.1. The lowest BCUT2D eigenvalue weighted by molar-refractivity contribution is 0.184. The fraction of sp³-hybridized carbons (Fsp3) is 0.231. The predicted octanol–water partition coefficient (Wildman–Crippen LogP) is 2.27. The van der Waals surface area contributed by atoms with Gasteiger partial charge in [-0.3, -0.25) is 0 Å². The molecule has 0 spiro atoms. The van der Waals surface area contributed by atoms with Crippen LogP contribution >= 0.6 is 0 Å². The molecular formula is C13H12FN3O2. The second-order valence-electron chi connectivity index (χ2n) is 4.31. The highest BCUT2D eigenvalue weighted by molar-refractivity contribution is 5.72. The van der Waals surface area contributed by atoms with Crippen molar-refractivity contribution in [1.82, 2.24) is 14.5 Å². The van der Waals surface area contributed by atoms with Gasteiger partial charge in [-0.15, -0.1) is 0 Å². The Morgan fingerprint density at radius 3 is 3.11 bits per heavy atom. The van der Waals surface area contributed by atoms with E-state index >= 15 is 0 Å². The topological polar surface area (TPSA) is 64.1 Å². The third-order valence-corrected chi connectivity index (χ3v) is 2.82. The first-order valence-electron chi connectivity index (χ1n) is 5.87. The van der Waals surface area contributed by atoms with E-state index in [1.807, 2.05) is 0 Å². The van der Waals surface area contributed by atoms with Crippen molar-refractivity contribution in [2.24, 2.45) is 0 Å². The molecule has 98 valence electrons. The molecule has 0 bridgehead atoms. The summed E-state index contributed by atoms with van der Waals surface area (Å²) in [6.45, 7) is 1.98. The number of halogens is 1. The Hall–Kier alpha value is -2.21. The lowest BCUT2D eigenvalue weighted by Gasteiger charge is -2.06. The maximum Gasteiger partial charge on any atom is 0.215 e.